The highest BCUT2D eigenvalue weighted by Crippen LogP contribution is 2.25. The molecule has 0 aromatic heterocycles. The molecule has 0 radical (unpaired) electrons. The molecule has 0 aliphatic carbocycles. The zero-order valence-electron chi connectivity index (χ0n) is 11.5. The second kappa shape index (κ2) is 7.26. The molecule has 5 heteroatoms. The van der Waals surface area contributed by atoms with E-state index in [9.17, 15) is 4.79 Å². The molecule has 0 heterocycles. The van der Waals surface area contributed by atoms with Crippen LogP contribution in [0.2, 0.25) is 5.02 Å². The van der Waals surface area contributed by atoms with E-state index in [0.29, 0.717) is 11.4 Å². The molecule has 110 valence electrons. The third-order valence-electron chi connectivity index (χ3n) is 3.13. The van der Waals surface area contributed by atoms with Gasteiger partial charge in [0.25, 0.3) is 5.91 Å². The van der Waals surface area contributed by atoms with Crippen molar-refractivity contribution in [2.75, 3.05) is 0 Å². The Kier molecular flexibility index (Phi) is 5.37. The first-order chi connectivity index (χ1) is 10.5. The number of carbonyl (C=O) groups excluding carboxylic acids is 1. The zero-order chi connectivity index (χ0) is 16.1. The van der Waals surface area contributed by atoms with E-state index in [1.165, 1.54) is 6.08 Å². The molecule has 2 rings (SSSR count). The first-order valence-electron chi connectivity index (χ1n) is 6.44. The topological polar surface area (TPSA) is 66.9 Å². The van der Waals surface area contributed by atoms with Gasteiger partial charge < -0.3 is 5.73 Å². The summed E-state index contributed by atoms with van der Waals surface area (Å²) in [4.78, 5) is 11.2. The molecular weight excluding hydrogens is 364 g/mol. The lowest BCUT2D eigenvalue weighted by molar-refractivity contribution is -0.114. The predicted octanol–water partition coefficient (Wildman–Crippen LogP) is 4.09. The molecule has 2 aromatic rings. The number of benzene rings is 2. The van der Waals surface area contributed by atoms with Crippen LogP contribution in [0.5, 0.6) is 0 Å². The molecule has 0 spiro atoms. The Hall–Kier alpha value is -2.09. The Bertz CT molecular complexity index is 793. The number of carbonyl (C=O) groups is 1. The van der Waals surface area contributed by atoms with Gasteiger partial charge in [-0.15, -0.1) is 0 Å². The minimum Gasteiger partial charge on any atom is -0.365 e. The zero-order valence-corrected chi connectivity index (χ0v) is 13.9. The normalized spacial score (nSPS) is 11.0. The first-order valence-corrected chi connectivity index (χ1v) is 7.62. The molecule has 2 aromatic carbocycles. The maximum atomic E-state index is 11.2. The Morgan fingerprint density at radius 2 is 2.00 bits per heavy atom. The standard InChI is InChI=1S/C17H12BrClN2O/c18-15-6-5-11(7-12-3-1-2-4-16(12)19)13(9-15)8-14(10-20)17(21)22/h1-6,8-9H,7H2,(H2,21,22)/b14-8+. The van der Waals surface area contributed by atoms with Crippen LogP contribution in [0.25, 0.3) is 6.08 Å². The van der Waals surface area contributed by atoms with Crippen molar-refractivity contribution in [2.45, 2.75) is 6.42 Å². The molecule has 0 aliphatic rings. The largest absolute Gasteiger partial charge is 0.365 e. The monoisotopic (exact) mass is 374 g/mol. The molecule has 2 N–H and O–H groups in total. The molecule has 0 fully saturated rings. The van der Waals surface area contributed by atoms with Crippen molar-refractivity contribution < 1.29 is 4.79 Å². The van der Waals surface area contributed by atoms with Crippen LogP contribution < -0.4 is 5.73 Å². The third-order valence-corrected chi connectivity index (χ3v) is 3.99. The van der Waals surface area contributed by atoms with Gasteiger partial charge in [-0.25, -0.2) is 0 Å². The highest BCUT2D eigenvalue weighted by molar-refractivity contribution is 9.10. The number of nitrogens with zero attached hydrogens (tertiary/aromatic N) is 1. The fraction of sp³-hybridized carbons (Fsp3) is 0.0588. The van der Waals surface area contributed by atoms with E-state index in [4.69, 9.17) is 22.6 Å². The lowest BCUT2D eigenvalue weighted by Gasteiger charge is -2.09. The summed E-state index contributed by atoms with van der Waals surface area (Å²) in [6.45, 7) is 0. The van der Waals surface area contributed by atoms with Crippen molar-refractivity contribution >= 4 is 39.5 Å². The van der Waals surface area contributed by atoms with Crippen LogP contribution in [0.1, 0.15) is 16.7 Å². The van der Waals surface area contributed by atoms with Gasteiger partial charge in [-0.1, -0.05) is 51.8 Å². The number of rotatable bonds is 4. The summed E-state index contributed by atoms with van der Waals surface area (Å²) in [6.07, 6.45) is 2.09. The van der Waals surface area contributed by atoms with Gasteiger partial charge in [0.15, 0.2) is 0 Å². The molecule has 0 saturated heterocycles. The molecule has 0 aliphatic heterocycles. The summed E-state index contributed by atoms with van der Waals surface area (Å²) >= 11 is 9.58. The van der Waals surface area contributed by atoms with Crippen LogP contribution in [0.4, 0.5) is 0 Å². The average molecular weight is 376 g/mol. The average Bonchev–Trinajstić information content (AvgIpc) is 2.49. The summed E-state index contributed by atoms with van der Waals surface area (Å²) in [6, 6.07) is 15.0. The number of primary amides is 1. The molecule has 0 bridgehead atoms. The van der Waals surface area contributed by atoms with Gasteiger partial charge in [0, 0.05) is 9.50 Å². The number of amides is 1. The summed E-state index contributed by atoms with van der Waals surface area (Å²) in [5.74, 6) is -0.744. The van der Waals surface area contributed by atoms with Gasteiger partial charge in [-0.3, -0.25) is 4.79 Å². The summed E-state index contributed by atoms with van der Waals surface area (Å²) in [5.41, 5.74) is 7.79. The van der Waals surface area contributed by atoms with Crippen molar-refractivity contribution in [3.05, 3.63) is 74.2 Å². The second-order valence-electron chi connectivity index (χ2n) is 4.65. The highest BCUT2D eigenvalue weighted by atomic mass is 79.9. The maximum absolute atomic E-state index is 11.2. The van der Waals surface area contributed by atoms with Crippen molar-refractivity contribution in [1.29, 1.82) is 5.26 Å². The molecule has 0 unspecified atom stereocenters. The Balaban J connectivity index is 2.47. The van der Waals surface area contributed by atoms with Gasteiger partial charge in [0.05, 0.1) is 0 Å². The highest BCUT2D eigenvalue weighted by Gasteiger charge is 2.09. The quantitative estimate of drug-likeness (QED) is 0.646. The van der Waals surface area contributed by atoms with Gasteiger partial charge in [0.1, 0.15) is 11.6 Å². The van der Waals surface area contributed by atoms with E-state index >= 15 is 0 Å². The molecule has 0 atom stereocenters. The van der Waals surface area contributed by atoms with E-state index < -0.39 is 5.91 Å². The third kappa shape index (κ3) is 3.97. The van der Waals surface area contributed by atoms with E-state index in [0.717, 1.165) is 21.2 Å². The van der Waals surface area contributed by atoms with Crippen LogP contribution in [0.3, 0.4) is 0 Å². The van der Waals surface area contributed by atoms with Crippen molar-refractivity contribution in [3.8, 4) is 6.07 Å². The van der Waals surface area contributed by atoms with E-state index in [1.54, 1.807) is 0 Å². The molecular formula is C17H12BrClN2O. The van der Waals surface area contributed by atoms with Crippen molar-refractivity contribution in [1.82, 2.24) is 0 Å². The van der Waals surface area contributed by atoms with Gasteiger partial charge >= 0.3 is 0 Å². The van der Waals surface area contributed by atoms with E-state index in [-0.39, 0.29) is 5.57 Å². The lowest BCUT2D eigenvalue weighted by Crippen LogP contribution is -2.12. The minimum atomic E-state index is -0.744. The molecule has 0 saturated carbocycles. The second-order valence-corrected chi connectivity index (χ2v) is 5.97. The fourth-order valence-corrected chi connectivity index (χ4v) is 2.60. The smallest absolute Gasteiger partial charge is 0.259 e. The molecule has 3 nitrogen and oxygen atoms in total. The van der Waals surface area contributed by atoms with Crippen molar-refractivity contribution in [2.24, 2.45) is 5.73 Å². The number of halogens is 2. The predicted molar refractivity (Wildman–Crippen MR) is 91.2 cm³/mol. The van der Waals surface area contributed by atoms with Crippen LogP contribution in [-0.2, 0) is 11.2 Å². The van der Waals surface area contributed by atoms with E-state index in [1.807, 2.05) is 48.5 Å². The Morgan fingerprint density at radius 3 is 2.64 bits per heavy atom. The summed E-state index contributed by atoms with van der Waals surface area (Å²) in [7, 11) is 0. The minimum absolute atomic E-state index is 0.0847. The summed E-state index contributed by atoms with van der Waals surface area (Å²) < 4.78 is 0.850. The van der Waals surface area contributed by atoms with Gasteiger partial charge in [-0.2, -0.15) is 5.26 Å². The SMILES string of the molecule is N#C/C(=C\c1cc(Br)ccc1Cc1ccccc1Cl)C(N)=O. The van der Waals surface area contributed by atoms with E-state index in [2.05, 4.69) is 15.9 Å². The number of hydrogen-bond acceptors (Lipinski definition) is 2. The summed E-state index contributed by atoms with van der Waals surface area (Å²) in [5, 5.41) is 9.68. The van der Waals surface area contributed by atoms with Crippen LogP contribution in [0, 0.1) is 11.3 Å². The lowest BCUT2D eigenvalue weighted by atomic mass is 9.98. The van der Waals surface area contributed by atoms with Gasteiger partial charge in [0.2, 0.25) is 0 Å². The van der Waals surface area contributed by atoms with Crippen molar-refractivity contribution in [3.63, 3.8) is 0 Å². The number of nitriles is 1. The maximum Gasteiger partial charge on any atom is 0.259 e. The van der Waals surface area contributed by atoms with Gasteiger partial charge in [-0.05, 0) is 47.4 Å². The van der Waals surface area contributed by atoms with Crippen LogP contribution >= 0.6 is 27.5 Å². The molecule has 22 heavy (non-hydrogen) atoms. The first kappa shape index (κ1) is 16.3. The molecule has 1 amide bonds. The number of nitrogens with two attached hydrogens (primary N) is 1. The van der Waals surface area contributed by atoms with Crippen LogP contribution in [0.15, 0.2) is 52.5 Å². The Labute approximate surface area is 142 Å². The van der Waals surface area contributed by atoms with Crippen LogP contribution in [-0.4, -0.2) is 5.91 Å². The number of hydrogen-bond donors (Lipinski definition) is 1. The Morgan fingerprint density at radius 1 is 1.27 bits per heavy atom. The fourth-order valence-electron chi connectivity index (χ4n) is 2.02.